The number of nitrogens with zero attached hydrogens (tertiary/aromatic N) is 2. The summed E-state index contributed by atoms with van der Waals surface area (Å²) in [6.45, 7) is 3.18. The van der Waals surface area contributed by atoms with E-state index in [0.29, 0.717) is 11.6 Å². The Morgan fingerprint density at radius 2 is 1.56 bits per heavy atom. The highest BCUT2D eigenvalue weighted by Crippen LogP contribution is 2.11. The number of hydrogen-bond acceptors (Lipinski definition) is 4. The van der Waals surface area contributed by atoms with Crippen molar-refractivity contribution in [3.8, 4) is 0 Å². The second-order valence-corrected chi connectivity index (χ2v) is 4.69. The lowest BCUT2D eigenvalue weighted by atomic mass is 10.1. The standard InChI is InChI=1S/C14H26N4/c1-2-3-4-5-6-7-8-9-10-17-14-13(15)16-11-12-18-14/h11-12H,2-10H2,1H3,(H2,15,16)(H,17,18). The van der Waals surface area contributed by atoms with E-state index in [4.69, 9.17) is 5.73 Å². The van der Waals surface area contributed by atoms with E-state index < -0.39 is 0 Å². The van der Waals surface area contributed by atoms with Crippen LogP contribution >= 0.6 is 0 Å². The number of anilines is 2. The first-order valence-electron chi connectivity index (χ1n) is 7.15. The van der Waals surface area contributed by atoms with Crippen LogP contribution in [-0.2, 0) is 0 Å². The topological polar surface area (TPSA) is 63.8 Å². The maximum atomic E-state index is 5.69. The van der Waals surface area contributed by atoms with Crippen molar-refractivity contribution in [1.82, 2.24) is 9.97 Å². The van der Waals surface area contributed by atoms with Gasteiger partial charge in [-0.25, -0.2) is 9.97 Å². The van der Waals surface area contributed by atoms with Gasteiger partial charge in [0.2, 0.25) is 0 Å². The van der Waals surface area contributed by atoms with Gasteiger partial charge in [0.05, 0.1) is 0 Å². The lowest BCUT2D eigenvalue weighted by Gasteiger charge is -2.06. The van der Waals surface area contributed by atoms with Gasteiger partial charge >= 0.3 is 0 Å². The summed E-state index contributed by atoms with van der Waals surface area (Å²) in [6, 6.07) is 0. The largest absolute Gasteiger partial charge is 0.381 e. The summed E-state index contributed by atoms with van der Waals surface area (Å²) in [5.74, 6) is 1.19. The van der Waals surface area contributed by atoms with Crippen LogP contribution in [0.2, 0.25) is 0 Å². The number of nitrogens with one attached hydrogen (secondary N) is 1. The van der Waals surface area contributed by atoms with Crippen LogP contribution in [0.15, 0.2) is 12.4 Å². The normalized spacial score (nSPS) is 10.5. The SMILES string of the molecule is CCCCCCCCCCNc1nccnc1N. The van der Waals surface area contributed by atoms with E-state index in [9.17, 15) is 0 Å². The second kappa shape index (κ2) is 9.68. The first-order valence-corrected chi connectivity index (χ1v) is 7.15. The second-order valence-electron chi connectivity index (χ2n) is 4.69. The molecule has 1 rings (SSSR count). The van der Waals surface area contributed by atoms with Gasteiger partial charge in [-0.15, -0.1) is 0 Å². The molecule has 0 radical (unpaired) electrons. The Balaban J connectivity index is 1.94. The van der Waals surface area contributed by atoms with Crippen LogP contribution in [0.25, 0.3) is 0 Å². The smallest absolute Gasteiger partial charge is 0.168 e. The number of nitrogens with two attached hydrogens (primary N) is 1. The molecule has 0 aliphatic rings. The zero-order valence-electron chi connectivity index (χ0n) is 11.5. The minimum atomic E-state index is 0.483. The van der Waals surface area contributed by atoms with Crippen molar-refractivity contribution in [2.45, 2.75) is 58.3 Å². The Kier molecular flexibility index (Phi) is 7.93. The van der Waals surface area contributed by atoms with Crippen LogP contribution in [0.3, 0.4) is 0 Å². The van der Waals surface area contributed by atoms with Crippen LogP contribution in [-0.4, -0.2) is 16.5 Å². The van der Waals surface area contributed by atoms with Crippen molar-refractivity contribution in [1.29, 1.82) is 0 Å². The van der Waals surface area contributed by atoms with E-state index >= 15 is 0 Å². The van der Waals surface area contributed by atoms with Gasteiger partial charge in [0.25, 0.3) is 0 Å². The van der Waals surface area contributed by atoms with E-state index in [2.05, 4.69) is 22.2 Å². The minimum Gasteiger partial charge on any atom is -0.381 e. The monoisotopic (exact) mass is 250 g/mol. The molecule has 0 unspecified atom stereocenters. The highest BCUT2D eigenvalue weighted by molar-refractivity contribution is 5.54. The molecule has 0 spiro atoms. The average molecular weight is 250 g/mol. The van der Waals surface area contributed by atoms with Crippen molar-refractivity contribution in [3.05, 3.63) is 12.4 Å². The Morgan fingerprint density at radius 3 is 2.22 bits per heavy atom. The molecule has 0 aromatic carbocycles. The van der Waals surface area contributed by atoms with Crippen molar-refractivity contribution in [2.24, 2.45) is 0 Å². The first kappa shape index (κ1) is 14.7. The van der Waals surface area contributed by atoms with Gasteiger partial charge in [0.15, 0.2) is 11.6 Å². The molecule has 0 saturated carbocycles. The molecule has 0 aliphatic carbocycles. The third-order valence-electron chi connectivity index (χ3n) is 3.05. The van der Waals surface area contributed by atoms with Gasteiger partial charge in [0, 0.05) is 18.9 Å². The molecular weight excluding hydrogens is 224 g/mol. The Morgan fingerprint density at radius 1 is 0.944 bits per heavy atom. The predicted octanol–water partition coefficient (Wildman–Crippen LogP) is 3.61. The maximum absolute atomic E-state index is 5.69. The van der Waals surface area contributed by atoms with Crippen molar-refractivity contribution < 1.29 is 0 Å². The van der Waals surface area contributed by atoms with Crippen molar-refractivity contribution in [3.63, 3.8) is 0 Å². The molecule has 0 bridgehead atoms. The molecule has 1 aromatic heterocycles. The van der Waals surface area contributed by atoms with E-state index in [1.54, 1.807) is 12.4 Å². The van der Waals surface area contributed by atoms with E-state index in [0.717, 1.165) is 6.54 Å². The van der Waals surface area contributed by atoms with Gasteiger partial charge in [-0.2, -0.15) is 0 Å². The Labute approximate surface area is 110 Å². The average Bonchev–Trinajstić information content (AvgIpc) is 2.39. The molecule has 1 aromatic rings. The highest BCUT2D eigenvalue weighted by Gasteiger charge is 1.98. The number of rotatable bonds is 10. The van der Waals surface area contributed by atoms with Gasteiger partial charge in [0.1, 0.15) is 0 Å². The highest BCUT2D eigenvalue weighted by atomic mass is 15.0. The molecule has 3 N–H and O–H groups in total. The number of hydrogen-bond donors (Lipinski definition) is 2. The molecule has 0 fully saturated rings. The fourth-order valence-electron chi connectivity index (χ4n) is 1.95. The lowest BCUT2D eigenvalue weighted by molar-refractivity contribution is 0.581. The summed E-state index contributed by atoms with van der Waals surface area (Å²) in [5.41, 5.74) is 5.69. The zero-order chi connectivity index (χ0) is 13.1. The van der Waals surface area contributed by atoms with Crippen LogP contribution < -0.4 is 11.1 Å². The fraction of sp³-hybridized carbons (Fsp3) is 0.714. The molecule has 0 aliphatic heterocycles. The summed E-state index contributed by atoms with van der Waals surface area (Å²) >= 11 is 0. The van der Waals surface area contributed by atoms with E-state index in [1.165, 1.54) is 51.4 Å². The minimum absolute atomic E-state index is 0.483. The Hall–Kier alpha value is -1.32. The quantitative estimate of drug-likeness (QED) is 0.623. The maximum Gasteiger partial charge on any atom is 0.168 e. The van der Waals surface area contributed by atoms with Crippen LogP contribution in [0.5, 0.6) is 0 Å². The molecule has 102 valence electrons. The molecule has 1 heterocycles. The van der Waals surface area contributed by atoms with Crippen molar-refractivity contribution >= 4 is 11.6 Å². The summed E-state index contributed by atoms with van der Waals surface area (Å²) in [4.78, 5) is 8.14. The molecular formula is C14H26N4. The number of unbranched alkanes of at least 4 members (excludes halogenated alkanes) is 7. The zero-order valence-corrected chi connectivity index (χ0v) is 11.5. The van der Waals surface area contributed by atoms with Gasteiger partial charge in [-0.3, -0.25) is 0 Å². The third-order valence-corrected chi connectivity index (χ3v) is 3.05. The summed E-state index contributed by atoms with van der Waals surface area (Å²) in [6.07, 6.45) is 13.9. The predicted molar refractivity (Wildman–Crippen MR) is 77.5 cm³/mol. The lowest BCUT2D eigenvalue weighted by Crippen LogP contribution is -2.07. The van der Waals surface area contributed by atoms with Gasteiger partial charge in [-0.05, 0) is 6.42 Å². The van der Waals surface area contributed by atoms with Gasteiger partial charge in [-0.1, -0.05) is 51.9 Å². The fourth-order valence-corrected chi connectivity index (χ4v) is 1.95. The van der Waals surface area contributed by atoms with Crippen molar-refractivity contribution in [2.75, 3.05) is 17.6 Å². The van der Waals surface area contributed by atoms with Crippen LogP contribution in [0.4, 0.5) is 11.6 Å². The van der Waals surface area contributed by atoms with E-state index in [1.807, 2.05) is 0 Å². The molecule has 4 nitrogen and oxygen atoms in total. The van der Waals surface area contributed by atoms with Crippen LogP contribution in [0, 0.1) is 0 Å². The number of nitrogen functional groups attached to an aromatic ring is 1. The third kappa shape index (κ3) is 6.42. The summed E-state index contributed by atoms with van der Waals surface area (Å²) < 4.78 is 0. The van der Waals surface area contributed by atoms with Gasteiger partial charge < -0.3 is 11.1 Å². The van der Waals surface area contributed by atoms with Crippen LogP contribution in [0.1, 0.15) is 58.3 Å². The molecule has 0 atom stereocenters. The molecule has 0 saturated heterocycles. The Bertz CT molecular complexity index is 314. The summed E-state index contributed by atoms with van der Waals surface area (Å²) in [5, 5.41) is 3.23. The molecule has 4 heteroatoms. The summed E-state index contributed by atoms with van der Waals surface area (Å²) in [7, 11) is 0. The first-order chi connectivity index (χ1) is 8.84. The number of aromatic nitrogens is 2. The molecule has 18 heavy (non-hydrogen) atoms. The molecule has 0 amide bonds. The van der Waals surface area contributed by atoms with E-state index in [-0.39, 0.29) is 0 Å².